The highest BCUT2D eigenvalue weighted by atomic mass is 35.5. The van der Waals surface area contributed by atoms with Crippen LogP contribution in [0.25, 0.3) is 0 Å². The lowest BCUT2D eigenvalue weighted by Gasteiger charge is -2.35. The number of rotatable bonds is 2. The number of aliphatic hydroxyl groups excluding tert-OH is 2. The zero-order chi connectivity index (χ0) is 36.5. The molecule has 2 amide bonds. The third-order valence-corrected chi connectivity index (χ3v) is 13.9. The quantitative estimate of drug-likeness (QED) is 0.449. The van der Waals surface area contributed by atoms with Crippen LogP contribution in [-0.2, 0) is 28.5 Å². The number of halogens is 2. The van der Waals surface area contributed by atoms with Crippen molar-refractivity contribution in [3.8, 4) is 12.1 Å². The summed E-state index contributed by atoms with van der Waals surface area (Å²) in [6.07, 6.45) is 2.13. The minimum atomic E-state index is -0.883. The zero-order valence-electron chi connectivity index (χ0n) is 28.6. The van der Waals surface area contributed by atoms with Gasteiger partial charge in [-0.3, -0.25) is 19.4 Å². The van der Waals surface area contributed by atoms with Crippen LogP contribution >= 0.6 is 23.2 Å². The number of anilines is 2. The first-order valence-electron chi connectivity index (χ1n) is 17.9. The molecule has 8 saturated heterocycles. The average Bonchev–Trinajstić information content (AvgIpc) is 3.81. The largest absolute Gasteiger partial charge is 0.390 e. The number of nitrogens with zero attached hydrogens (tertiary/aromatic N) is 4. The number of ether oxygens (including phenoxy) is 4. The SMILES string of the molecule is C[C@@]12O[C@]3(CCCO[C@@H]4C3[C@H]1C(=O)N4c1ccc(C#N)c(Cl)c1)C[C@@H]2O.C[C@]12O[C@@]3(CCCO[C@H]4C3[C@@H]1C(=O)N4c1ccc(C#N)c(Cl)c1)C[C@H]2O. The molecule has 2 unspecified atom stereocenters. The van der Waals surface area contributed by atoms with Gasteiger partial charge in [-0.25, -0.2) is 0 Å². The number of nitriles is 2. The molecule has 272 valence electrons. The van der Waals surface area contributed by atoms with E-state index in [1.807, 2.05) is 26.0 Å². The Labute approximate surface area is 310 Å². The second kappa shape index (κ2) is 11.6. The number of carbonyl (C=O) groups is 2. The first-order valence-corrected chi connectivity index (χ1v) is 18.6. The molecule has 0 saturated carbocycles. The van der Waals surface area contributed by atoms with Crippen molar-refractivity contribution in [2.75, 3.05) is 23.0 Å². The summed E-state index contributed by atoms with van der Waals surface area (Å²) in [6, 6.07) is 14.0. The van der Waals surface area contributed by atoms with Gasteiger partial charge in [-0.2, -0.15) is 10.5 Å². The molecule has 0 aromatic heterocycles. The summed E-state index contributed by atoms with van der Waals surface area (Å²) in [5.41, 5.74) is -0.822. The van der Waals surface area contributed by atoms with Gasteiger partial charge in [-0.1, -0.05) is 23.2 Å². The van der Waals surface area contributed by atoms with E-state index < -0.39 is 58.9 Å². The third kappa shape index (κ3) is 4.41. The van der Waals surface area contributed by atoms with E-state index in [-0.39, 0.29) is 23.7 Å². The van der Waals surface area contributed by atoms with E-state index in [1.165, 1.54) is 0 Å². The summed E-state index contributed by atoms with van der Waals surface area (Å²) in [5.74, 6) is -1.32. The molecule has 2 spiro atoms. The fourth-order valence-corrected chi connectivity index (χ4v) is 11.6. The molecule has 8 aliphatic heterocycles. The molecular weight excluding hydrogens is 711 g/mol. The van der Waals surface area contributed by atoms with E-state index in [0.717, 1.165) is 25.7 Å². The molecule has 8 heterocycles. The van der Waals surface area contributed by atoms with Gasteiger partial charge in [-0.15, -0.1) is 0 Å². The Morgan fingerprint density at radius 2 is 1.13 bits per heavy atom. The number of carbonyl (C=O) groups excluding carboxylic acids is 2. The van der Waals surface area contributed by atoms with Crippen LogP contribution in [0, 0.1) is 46.3 Å². The van der Waals surface area contributed by atoms with E-state index >= 15 is 0 Å². The number of amides is 2. The van der Waals surface area contributed by atoms with Crippen molar-refractivity contribution < 1.29 is 38.7 Å². The fraction of sp³-hybridized carbons (Fsp3) is 0.579. The summed E-state index contributed by atoms with van der Waals surface area (Å²) >= 11 is 12.4. The number of hydrogen-bond donors (Lipinski definition) is 2. The summed E-state index contributed by atoms with van der Waals surface area (Å²) in [7, 11) is 0. The van der Waals surface area contributed by atoms with Gasteiger partial charge in [0.05, 0.1) is 56.4 Å². The van der Waals surface area contributed by atoms with Gasteiger partial charge in [0.1, 0.15) is 35.8 Å². The highest BCUT2D eigenvalue weighted by Gasteiger charge is 2.78. The maximum atomic E-state index is 13.4. The Kier molecular flexibility index (Phi) is 7.69. The van der Waals surface area contributed by atoms with Gasteiger partial charge in [0.25, 0.3) is 0 Å². The molecule has 12 atom stereocenters. The van der Waals surface area contributed by atoms with Crippen molar-refractivity contribution >= 4 is 46.4 Å². The Morgan fingerprint density at radius 1 is 0.731 bits per heavy atom. The Morgan fingerprint density at radius 3 is 1.50 bits per heavy atom. The van der Waals surface area contributed by atoms with Crippen molar-refractivity contribution in [1.82, 2.24) is 0 Å². The third-order valence-electron chi connectivity index (χ3n) is 13.3. The number of benzene rings is 2. The first-order chi connectivity index (χ1) is 24.8. The van der Waals surface area contributed by atoms with Crippen molar-refractivity contribution in [1.29, 1.82) is 10.5 Å². The van der Waals surface area contributed by atoms with Gasteiger partial charge in [0.15, 0.2) is 0 Å². The van der Waals surface area contributed by atoms with Crippen LogP contribution in [-0.4, -0.2) is 82.3 Å². The Hall–Kier alpha value is -3.30. The molecule has 4 bridgehead atoms. The smallest absolute Gasteiger partial charge is 0.235 e. The van der Waals surface area contributed by atoms with Crippen molar-refractivity contribution in [2.24, 2.45) is 23.7 Å². The van der Waals surface area contributed by atoms with Gasteiger partial charge >= 0.3 is 0 Å². The Bertz CT molecular complexity index is 1850. The summed E-state index contributed by atoms with van der Waals surface area (Å²) in [5, 5.41) is 40.0. The van der Waals surface area contributed by atoms with Crippen LogP contribution in [0.2, 0.25) is 10.0 Å². The molecule has 8 fully saturated rings. The van der Waals surface area contributed by atoms with E-state index in [9.17, 15) is 19.8 Å². The minimum absolute atomic E-state index is 0.106. The highest BCUT2D eigenvalue weighted by Crippen LogP contribution is 2.66. The molecule has 2 aromatic carbocycles. The summed E-state index contributed by atoms with van der Waals surface area (Å²) in [6.45, 7) is 4.77. The molecule has 14 heteroatoms. The fourth-order valence-electron chi connectivity index (χ4n) is 11.1. The van der Waals surface area contributed by atoms with Crippen molar-refractivity contribution in [3.05, 3.63) is 57.6 Å². The maximum Gasteiger partial charge on any atom is 0.235 e. The van der Waals surface area contributed by atoms with Crippen LogP contribution in [0.1, 0.15) is 63.5 Å². The highest BCUT2D eigenvalue weighted by molar-refractivity contribution is 6.32. The maximum absolute atomic E-state index is 13.4. The molecule has 12 nitrogen and oxygen atoms in total. The molecule has 8 aliphatic rings. The predicted molar refractivity (Wildman–Crippen MR) is 185 cm³/mol. The topological polar surface area (TPSA) is 166 Å². The normalized spacial score (nSPS) is 43.3. The van der Waals surface area contributed by atoms with Crippen LogP contribution < -0.4 is 9.80 Å². The van der Waals surface area contributed by atoms with Crippen LogP contribution in [0.3, 0.4) is 0 Å². The molecular formula is C38H38Cl2N4O8. The van der Waals surface area contributed by atoms with E-state index in [0.29, 0.717) is 58.6 Å². The molecule has 52 heavy (non-hydrogen) atoms. The van der Waals surface area contributed by atoms with E-state index in [4.69, 9.17) is 52.7 Å². The van der Waals surface area contributed by atoms with E-state index in [1.54, 1.807) is 46.2 Å². The summed E-state index contributed by atoms with van der Waals surface area (Å²) in [4.78, 5) is 30.1. The lowest BCUT2D eigenvalue weighted by Crippen LogP contribution is -2.49. The molecule has 2 aromatic rings. The Balaban J connectivity index is 0.000000138. The molecule has 2 N–H and O–H groups in total. The van der Waals surface area contributed by atoms with E-state index in [2.05, 4.69) is 0 Å². The number of fused-ring (bicyclic) bond motifs is 4. The van der Waals surface area contributed by atoms with Gasteiger partial charge in [-0.05, 0) is 75.9 Å². The van der Waals surface area contributed by atoms with Crippen molar-refractivity contribution in [2.45, 2.75) is 99.4 Å². The zero-order valence-corrected chi connectivity index (χ0v) is 30.1. The monoisotopic (exact) mass is 748 g/mol. The van der Waals surface area contributed by atoms with Gasteiger partial charge in [0.2, 0.25) is 11.8 Å². The lowest BCUT2D eigenvalue weighted by atomic mass is 9.65. The minimum Gasteiger partial charge on any atom is -0.390 e. The van der Waals surface area contributed by atoms with Crippen LogP contribution in [0.4, 0.5) is 11.4 Å². The van der Waals surface area contributed by atoms with Crippen molar-refractivity contribution in [3.63, 3.8) is 0 Å². The molecule has 0 radical (unpaired) electrons. The van der Waals surface area contributed by atoms with Gasteiger partial charge in [0, 0.05) is 49.3 Å². The average molecular weight is 750 g/mol. The van der Waals surface area contributed by atoms with Gasteiger partial charge < -0.3 is 29.2 Å². The molecule has 0 aliphatic carbocycles. The lowest BCUT2D eigenvalue weighted by molar-refractivity contribution is -0.133. The van der Waals surface area contributed by atoms with Crippen LogP contribution in [0.5, 0.6) is 0 Å². The first kappa shape index (κ1) is 34.5. The summed E-state index contributed by atoms with van der Waals surface area (Å²) < 4.78 is 24.9. The second-order valence-corrected chi connectivity index (χ2v) is 16.7. The van der Waals surface area contributed by atoms with Crippen LogP contribution in [0.15, 0.2) is 36.4 Å². The standard InChI is InChI=1S/2C19H19ClN2O4/c2*1-18-13(23)8-19(26-18)5-2-6-25-17-15(19)14(18)16(24)22(17)11-4-3-10(9-21)12(20)7-11/h2*3-4,7,13-15,17,23H,2,5-6,8H2,1H3/t2*13-,14-,15?,17+,18-,19+/m10/s1. The molecule has 10 rings (SSSR count). The second-order valence-electron chi connectivity index (χ2n) is 15.8. The number of aliphatic hydroxyl groups is 2. The number of hydrogen-bond acceptors (Lipinski definition) is 10. The predicted octanol–water partition coefficient (Wildman–Crippen LogP) is 4.44.